The summed E-state index contributed by atoms with van der Waals surface area (Å²) in [5.41, 5.74) is 0. The van der Waals surface area contributed by atoms with Crippen LogP contribution in [0.5, 0.6) is 0 Å². The summed E-state index contributed by atoms with van der Waals surface area (Å²) in [6, 6.07) is 0. The van der Waals surface area contributed by atoms with Gasteiger partial charge < -0.3 is 21.9 Å². The van der Waals surface area contributed by atoms with E-state index in [2.05, 4.69) is 0 Å². The number of hydrogen-bond acceptors (Lipinski definition) is 0. The zero-order valence-corrected chi connectivity index (χ0v) is 11.1. The number of rotatable bonds is 0. The van der Waals surface area contributed by atoms with Crippen molar-refractivity contribution in [3.8, 4) is 0 Å². The second-order valence-electron chi connectivity index (χ2n) is 0. The van der Waals surface area contributed by atoms with Crippen molar-refractivity contribution >= 4 is 50.9 Å². The van der Waals surface area contributed by atoms with Crippen LogP contribution in [0.4, 0.5) is 0 Å². The molecular weight excluding hydrogens is 496 g/mol. The van der Waals surface area contributed by atoms with E-state index in [0.717, 1.165) is 0 Å². The van der Waals surface area contributed by atoms with E-state index >= 15 is 0 Å². The molecule has 0 unspecified atom stereocenters. The van der Waals surface area contributed by atoms with Crippen LogP contribution in [0.3, 0.4) is 0 Å². The van der Waals surface area contributed by atoms with E-state index in [1.54, 1.807) is 0 Å². The van der Waals surface area contributed by atoms with Crippen LogP contribution in [-0.2, 0) is 20.1 Å². The molecule has 0 aliphatic heterocycles. The minimum absolute atomic E-state index is 0. The summed E-state index contributed by atoms with van der Waals surface area (Å²) in [6.07, 6.45) is 0. The van der Waals surface area contributed by atoms with Crippen molar-refractivity contribution in [2.75, 3.05) is 0 Å². The first kappa shape index (κ1) is 213. The molecule has 0 spiro atoms. The maximum Gasteiger partial charge on any atom is 0 e. The molecule has 65 valence electrons. The van der Waals surface area contributed by atoms with E-state index in [4.69, 9.17) is 0 Å². The molecule has 8 N–H and O–H groups in total. The Morgan fingerprint density at radius 2 is 0.375 bits per heavy atom. The predicted octanol–water partition coefficient (Wildman–Crippen LogP) is -1.57. The van der Waals surface area contributed by atoms with Gasteiger partial charge in [-0.25, -0.2) is 0 Å². The van der Waals surface area contributed by atoms with E-state index < -0.39 is 0 Å². The summed E-state index contributed by atoms with van der Waals surface area (Å²) in [5, 5.41) is 0. The van der Waals surface area contributed by atoms with Crippen LogP contribution in [0.15, 0.2) is 0 Å². The van der Waals surface area contributed by atoms with Crippen molar-refractivity contribution in [3.05, 3.63) is 0 Å². The third kappa shape index (κ3) is 102. The fourth-order valence-electron chi connectivity index (χ4n) is 0. The molecule has 0 atom stereocenters. The monoisotopic (exact) mass is 505 g/mol. The minimum Gasteiger partial charge on any atom is -0.412 e. The fraction of sp³-hybridized carbons (Fsp3) is 0. The van der Waals surface area contributed by atoms with Gasteiger partial charge in [-0.15, -0.1) is 50.9 Å². The summed E-state index contributed by atoms with van der Waals surface area (Å²) in [7, 11) is 0. The topological polar surface area (TPSA) is 126 Å². The Kier molecular flexibility index (Phi) is 4010. The summed E-state index contributed by atoms with van der Waals surface area (Å²) in [6.45, 7) is 0. The Balaban J connectivity index is 0. The quantitative estimate of drug-likeness (QED) is 0.376. The molecule has 8 heteroatoms. The van der Waals surface area contributed by atoms with Gasteiger partial charge in [-0.05, 0) is 0 Å². The van der Waals surface area contributed by atoms with Gasteiger partial charge >= 0.3 is 0 Å². The van der Waals surface area contributed by atoms with Crippen LogP contribution >= 0.6 is 50.9 Å². The van der Waals surface area contributed by atoms with Crippen molar-refractivity contribution < 1.29 is 42.0 Å². The summed E-state index contributed by atoms with van der Waals surface area (Å²) in [5.74, 6) is 0. The molecule has 0 bridgehead atoms. The zero-order valence-electron chi connectivity index (χ0n) is 3.56. The Morgan fingerprint density at radius 3 is 0.375 bits per heavy atom. The molecular formula is H11Br3IrO4. The van der Waals surface area contributed by atoms with Gasteiger partial charge in [-0.2, -0.15) is 0 Å². The molecule has 0 aromatic heterocycles. The summed E-state index contributed by atoms with van der Waals surface area (Å²) < 4.78 is 0. The van der Waals surface area contributed by atoms with E-state index in [0.29, 0.717) is 0 Å². The molecule has 0 amide bonds. The second kappa shape index (κ2) is 151. The standard InChI is InChI=1S/3BrH.Ir.4H2O/h3*1H;;4*1H2. The predicted molar refractivity (Wildman–Crippen MR) is 45.4 cm³/mol. The van der Waals surface area contributed by atoms with Crippen LogP contribution in [0.1, 0.15) is 0 Å². The van der Waals surface area contributed by atoms with E-state index in [1.165, 1.54) is 0 Å². The molecule has 0 heterocycles. The van der Waals surface area contributed by atoms with Gasteiger partial charge in [0.1, 0.15) is 0 Å². The smallest absolute Gasteiger partial charge is 0 e. The fourth-order valence-corrected chi connectivity index (χ4v) is 0. The average Bonchev–Trinajstić information content (AvgIpc) is 0. The van der Waals surface area contributed by atoms with Crippen molar-refractivity contribution in [1.29, 1.82) is 0 Å². The Morgan fingerprint density at radius 1 is 0.375 bits per heavy atom. The van der Waals surface area contributed by atoms with Gasteiger partial charge in [-0.3, -0.25) is 0 Å². The SMILES string of the molecule is Br.Br.Br.O.O.O.O.[Ir]. The molecule has 8 heavy (non-hydrogen) atoms. The molecule has 0 aromatic carbocycles. The van der Waals surface area contributed by atoms with E-state index in [1.807, 2.05) is 0 Å². The van der Waals surface area contributed by atoms with Crippen molar-refractivity contribution in [1.82, 2.24) is 0 Å². The third-order valence-electron chi connectivity index (χ3n) is 0. The van der Waals surface area contributed by atoms with Gasteiger partial charge in [0.05, 0.1) is 0 Å². The largest absolute Gasteiger partial charge is 0.412 e. The first-order chi connectivity index (χ1) is 0. The number of hydrogen-bond donors (Lipinski definition) is 0. The molecule has 0 saturated carbocycles. The molecule has 0 saturated heterocycles. The molecule has 0 aliphatic carbocycles. The van der Waals surface area contributed by atoms with Crippen LogP contribution < -0.4 is 0 Å². The van der Waals surface area contributed by atoms with E-state index in [9.17, 15) is 0 Å². The molecule has 4 nitrogen and oxygen atoms in total. The average molecular weight is 507 g/mol. The van der Waals surface area contributed by atoms with Gasteiger partial charge in [0.2, 0.25) is 0 Å². The molecule has 1 radical (unpaired) electrons. The second-order valence-corrected chi connectivity index (χ2v) is 0. The summed E-state index contributed by atoms with van der Waals surface area (Å²) in [4.78, 5) is 0. The van der Waals surface area contributed by atoms with Crippen LogP contribution in [0, 0.1) is 0 Å². The van der Waals surface area contributed by atoms with Gasteiger partial charge in [-0.1, -0.05) is 0 Å². The normalized spacial score (nSPS) is 0. The van der Waals surface area contributed by atoms with Crippen molar-refractivity contribution in [3.63, 3.8) is 0 Å². The minimum atomic E-state index is 0. The van der Waals surface area contributed by atoms with Gasteiger partial charge in [0.25, 0.3) is 0 Å². The molecule has 0 rings (SSSR count). The Bertz CT molecular complexity index is 11.2. The van der Waals surface area contributed by atoms with Crippen LogP contribution in [-0.4, -0.2) is 21.9 Å². The first-order valence-electron chi connectivity index (χ1n) is 0. The van der Waals surface area contributed by atoms with E-state index in [-0.39, 0.29) is 93.0 Å². The Hall–Kier alpha value is 1.93. The van der Waals surface area contributed by atoms with Crippen LogP contribution in [0.2, 0.25) is 0 Å². The summed E-state index contributed by atoms with van der Waals surface area (Å²) >= 11 is 0. The third-order valence-corrected chi connectivity index (χ3v) is 0. The van der Waals surface area contributed by atoms with Crippen LogP contribution in [0.25, 0.3) is 0 Å². The maximum atomic E-state index is 0. The van der Waals surface area contributed by atoms with Crippen molar-refractivity contribution in [2.45, 2.75) is 0 Å². The zero-order chi connectivity index (χ0) is 0. The maximum absolute atomic E-state index is 0. The molecule has 0 aromatic rings. The van der Waals surface area contributed by atoms with Gasteiger partial charge in [0.15, 0.2) is 0 Å². The van der Waals surface area contributed by atoms with Gasteiger partial charge in [0, 0.05) is 20.1 Å². The molecule has 0 fully saturated rings. The molecule has 0 aliphatic rings. The number of halogens is 3. The first-order valence-corrected chi connectivity index (χ1v) is 0. The Labute approximate surface area is 92.3 Å². The van der Waals surface area contributed by atoms with Crippen molar-refractivity contribution in [2.24, 2.45) is 0 Å².